The van der Waals surface area contributed by atoms with Crippen LogP contribution in [0.25, 0.3) is 0 Å². The maximum absolute atomic E-state index is 11.1. The van der Waals surface area contributed by atoms with E-state index in [9.17, 15) is 4.79 Å². The summed E-state index contributed by atoms with van der Waals surface area (Å²) < 4.78 is 5.31. The molecule has 0 aromatic carbocycles. The summed E-state index contributed by atoms with van der Waals surface area (Å²) in [5.74, 6) is 0.894. The molecule has 2 aliphatic rings. The molecule has 2 fully saturated rings. The highest BCUT2D eigenvalue weighted by Gasteiger charge is 2.36. The van der Waals surface area contributed by atoms with Crippen molar-refractivity contribution in [3.05, 3.63) is 0 Å². The Morgan fingerprint density at radius 2 is 2.36 bits per heavy atom. The van der Waals surface area contributed by atoms with E-state index in [4.69, 9.17) is 4.74 Å². The van der Waals surface area contributed by atoms with E-state index in [1.807, 2.05) is 0 Å². The quantitative estimate of drug-likeness (QED) is 0.614. The molecule has 1 saturated carbocycles. The van der Waals surface area contributed by atoms with Crippen LogP contribution >= 0.6 is 0 Å². The molecule has 80 valence electrons. The molecule has 1 heterocycles. The second kappa shape index (κ2) is 3.99. The lowest BCUT2D eigenvalue weighted by atomic mass is 9.88. The first kappa shape index (κ1) is 10.1. The molecule has 0 spiro atoms. The Morgan fingerprint density at radius 3 is 2.86 bits per heavy atom. The van der Waals surface area contributed by atoms with Crippen LogP contribution in [0.15, 0.2) is 0 Å². The van der Waals surface area contributed by atoms with Gasteiger partial charge in [0.1, 0.15) is 6.29 Å². The minimum absolute atomic E-state index is 0.205. The number of ether oxygens (including phenoxy) is 1. The van der Waals surface area contributed by atoms with E-state index < -0.39 is 0 Å². The van der Waals surface area contributed by atoms with Crippen LogP contribution in [0, 0.1) is 11.3 Å². The van der Waals surface area contributed by atoms with Gasteiger partial charge in [-0.15, -0.1) is 0 Å². The Hall–Kier alpha value is -0.410. The summed E-state index contributed by atoms with van der Waals surface area (Å²) in [5.41, 5.74) is -0.205. The fourth-order valence-electron chi connectivity index (χ4n) is 2.22. The standard InChI is InChI=1S/C11H19NO2/c1-12(6-10-2-3-10)7-11(8-13)4-5-14-9-11/h8,10H,2-7,9H2,1H3. The van der Waals surface area contributed by atoms with Gasteiger partial charge in [-0.2, -0.15) is 0 Å². The molecule has 0 bridgehead atoms. The zero-order chi connectivity index (χ0) is 10.0. The molecule has 3 heteroatoms. The van der Waals surface area contributed by atoms with E-state index in [-0.39, 0.29) is 5.41 Å². The van der Waals surface area contributed by atoms with E-state index in [0.717, 1.165) is 38.3 Å². The first-order valence-electron chi connectivity index (χ1n) is 5.47. The lowest BCUT2D eigenvalue weighted by Crippen LogP contribution is -2.38. The van der Waals surface area contributed by atoms with Gasteiger partial charge in [0.15, 0.2) is 0 Å². The van der Waals surface area contributed by atoms with Crippen LogP contribution in [0.4, 0.5) is 0 Å². The molecule has 1 aliphatic carbocycles. The van der Waals surface area contributed by atoms with Gasteiger partial charge < -0.3 is 14.4 Å². The Morgan fingerprint density at radius 1 is 1.57 bits per heavy atom. The molecule has 1 saturated heterocycles. The highest BCUT2D eigenvalue weighted by Crippen LogP contribution is 2.32. The van der Waals surface area contributed by atoms with Crippen LogP contribution in [0.3, 0.4) is 0 Å². The molecule has 3 nitrogen and oxygen atoms in total. The normalized spacial score (nSPS) is 32.4. The van der Waals surface area contributed by atoms with Gasteiger partial charge in [0, 0.05) is 19.7 Å². The first-order valence-corrected chi connectivity index (χ1v) is 5.47. The predicted octanol–water partition coefficient (Wildman–Crippen LogP) is 0.934. The number of carbonyl (C=O) groups is 1. The topological polar surface area (TPSA) is 29.5 Å². The molecule has 1 atom stereocenters. The summed E-state index contributed by atoms with van der Waals surface area (Å²) in [4.78, 5) is 13.4. The smallest absolute Gasteiger partial charge is 0.129 e. The van der Waals surface area contributed by atoms with E-state index >= 15 is 0 Å². The molecular weight excluding hydrogens is 178 g/mol. The van der Waals surface area contributed by atoms with Crippen molar-refractivity contribution < 1.29 is 9.53 Å². The number of aldehydes is 1. The van der Waals surface area contributed by atoms with Gasteiger partial charge >= 0.3 is 0 Å². The van der Waals surface area contributed by atoms with Crippen molar-refractivity contribution in [3.8, 4) is 0 Å². The average molecular weight is 197 g/mol. The third-order valence-corrected chi connectivity index (χ3v) is 3.24. The maximum Gasteiger partial charge on any atom is 0.129 e. The number of hydrogen-bond acceptors (Lipinski definition) is 3. The van der Waals surface area contributed by atoms with Gasteiger partial charge in [-0.25, -0.2) is 0 Å². The van der Waals surface area contributed by atoms with Crippen LogP contribution in [-0.4, -0.2) is 44.5 Å². The Kier molecular flexibility index (Phi) is 2.88. The van der Waals surface area contributed by atoms with Crippen LogP contribution in [0.2, 0.25) is 0 Å². The summed E-state index contributed by atoms with van der Waals surface area (Å²) in [5, 5.41) is 0. The lowest BCUT2D eigenvalue weighted by molar-refractivity contribution is -0.117. The molecule has 1 aliphatic heterocycles. The summed E-state index contributed by atoms with van der Waals surface area (Å²) in [7, 11) is 2.11. The van der Waals surface area contributed by atoms with Gasteiger partial charge in [-0.1, -0.05) is 0 Å². The Bertz CT molecular complexity index is 207. The zero-order valence-electron chi connectivity index (χ0n) is 8.87. The van der Waals surface area contributed by atoms with Crippen molar-refractivity contribution in [1.82, 2.24) is 4.90 Å². The minimum Gasteiger partial charge on any atom is -0.380 e. The molecular formula is C11H19NO2. The zero-order valence-corrected chi connectivity index (χ0v) is 8.87. The van der Waals surface area contributed by atoms with Crippen LogP contribution in [0.5, 0.6) is 0 Å². The number of nitrogens with zero attached hydrogens (tertiary/aromatic N) is 1. The number of hydrogen-bond donors (Lipinski definition) is 0. The van der Waals surface area contributed by atoms with Crippen molar-refractivity contribution in [2.45, 2.75) is 19.3 Å². The van der Waals surface area contributed by atoms with Gasteiger partial charge in [-0.05, 0) is 32.2 Å². The van der Waals surface area contributed by atoms with E-state index in [2.05, 4.69) is 11.9 Å². The van der Waals surface area contributed by atoms with Crippen LogP contribution in [-0.2, 0) is 9.53 Å². The van der Waals surface area contributed by atoms with E-state index in [1.54, 1.807) is 0 Å². The van der Waals surface area contributed by atoms with Crippen molar-refractivity contribution in [2.75, 3.05) is 33.4 Å². The molecule has 0 N–H and O–H groups in total. The van der Waals surface area contributed by atoms with Crippen LogP contribution < -0.4 is 0 Å². The van der Waals surface area contributed by atoms with Gasteiger partial charge in [0.2, 0.25) is 0 Å². The molecule has 0 aromatic heterocycles. The largest absolute Gasteiger partial charge is 0.380 e. The lowest BCUT2D eigenvalue weighted by Gasteiger charge is -2.27. The van der Waals surface area contributed by atoms with Crippen molar-refractivity contribution in [2.24, 2.45) is 11.3 Å². The highest BCUT2D eigenvalue weighted by molar-refractivity contribution is 5.60. The molecule has 0 radical (unpaired) electrons. The summed E-state index contributed by atoms with van der Waals surface area (Å²) >= 11 is 0. The molecule has 1 unspecified atom stereocenters. The molecule has 0 aromatic rings. The van der Waals surface area contributed by atoms with Crippen molar-refractivity contribution >= 4 is 6.29 Å². The fourth-order valence-corrected chi connectivity index (χ4v) is 2.22. The fraction of sp³-hybridized carbons (Fsp3) is 0.909. The monoisotopic (exact) mass is 197 g/mol. The maximum atomic E-state index is 11.1. The van der Waals surface area contributed by atoms with Gasteiger partial charge in [-0.3, -0.25) is 0 Å². The second-order valence-corrected chi connectivity index (χ2v) is 4.92. The molecule has 0 amide bonds. The molecule has 2 rings (SSSR count). The third-order valence-electron chi connectivity index (χ3n) is 3.24. The van der Waals surface area contributed by atoms with Gasteiger partial charge in [0.05, 0.1) is 12.0 Å². The average Bonchev–Trinajstić information content (AvgIpc) is 2.83. The summed E-state index contributed by atoms with van der Waals surface area (Å²) in [6.07, 6.45) is 4.73. The predicted molar refractivity (Wildman–Crippen MR) is 54.2 cm³/mol. The van der Waals surface area contributed by atoms with E-state index in [1.165, 1.54) is 12.8 Å². The number of rotatable bonds is 5. The third kappa shape index (κ3) is 2.34. The Balaban J connectivity index is 1.82. The van der Waals surface area contributed by atoms with Gasteiger partial charge in [0.25, 0.3) is 0 Å². The van der Waals surface area contributed by atoms with Crippen LogP contribution in [0.1, 0.15) is 19.3 Å². The minimum atomic E-state index is -0.205. The summed E-state index contributed by atoms with van der Waals surface area (Å²) in [6, 6.07) is 0. The Labute approximate surface area is 85.4 Å². The second-order valence-electron chi connectivity index (χ2n) is 4.92. The van der Waals surface area contributed by atoms with Crippen molar-refractivity contribution in [3.63, 3.8) is 0 Å². The summed E-state index contributed by atoms with van der Waals surface area (Å²) in [6.45, 7) is 3.38. The molecule has 14 heavy (non-hydrogen) atoms. The van der Waals surface area contributed by atoms with Crippen molar-refractivity contribution in [1.29, 1.82) is 0 Å². The SMILES string of the molecule is CN(CC1CC1)CC1(C=O)CCOC1. The van der Waals surface area contributed by atoms with E-state index in [0.29, 0.717) is 6.61 Å². The first-order chi connectivity index (χ1) is 6.74. The number of carbonyl (C=O) groups excluding carboxylic acids is 1. The highest BCUT2D eigenvalue weighted by atomic mass is 16.5.